The number of halogens is 1. The average Bonchev–Trinajstić information content (AvgIpc) is 3.13. The number of sulfonamides is 1. The highest BCUT2D eigenvalue weighted by Crippen LogP contribution is 2.47. The number of nitriles is 1. The summed E-state index contributed by atoms with van der Waals surface area (Å²) in [5.41, 5.74) is 3.32. The van der Waals surface area contributed by atoms with Gasteiger partial charge in [0.2, 0.25) is 10.0 Å². The number of benzene rings is 2. The lowest BCUT2D eigenvalue weighted by molar-refractivity contribution is -0.000680. The van der Waals surface area contributed by atoms with Crippen molar-refractivity contribution in [3.8, 4) is 11.8 Å². The maximum absolute atomic E-state index is 13.4. The summed E-state index contributed by atoms with van der Waals surface area (Å²) in [6, 6.07) is 13.5. The standard InChI is InChI=1S/C34H40ClN3O5S/c1-2-27-7-3-4-8-31(42-17-16-36)28-12-9-25(28)20-38-21-34(15-5-6-23-18-26(35)11-13-29(23)34)22-43-32-14-10-24(19-30(32)38)33(39)37-44(27,40)41/h4,8,10-11,13-14,18-19,25,27-28,31H,2-3,5-7,9,12,15,17,20-22H2,1H3,(H,37,39)/b8-4-/t25-,27+,28+,31-,34-/m0/s1. The van der Waals surface area contributed by atoms with Crippen LogP contribution in [0.3, 0.4) is 0 Å². The zero-order valence-electron chi connectivity index (χ0n) is 25.1. The third-order valence-electron chi connectivity index (χ3n) is 10.1. The number of allylic oxidation sites excluding steroid dienone is 1. The largest absolute Gasteiger partial charge is 0.490 e. The Morgan fingerprint density at radius 1 is 1.20 bits per heavy atom. The Labute approximate surface area is 265 Å². The molecule has 2 aromatic carbocycles. The first-order valence-corrected chi connectivity index (χ1v) is 17.7. The minimum absolute atomic E-state index is 0.00241. The van der Waals surface area contributed by atoms with E-state index in [1.54, 1.807) is 18.2 Å². The summed E-state index contributed by atoms with van der Waals surface area (Å²) < 4.78 is 41.5. The molecule has 8 nitrogen and oxygen atoms in total. The van der Waals surface area contributed by atoms with Gasteiger partial charge >= 0.3 is 0 Å². The summed E-state index contributed by atoms with van der Waals surface area (Å²) in [5.74, 6) is 0.597. The van der Waals surface area contributed by atoms with Crippen molar-refractivity contribution in [3.05, 3.63) is 70.3 Å². The molecule has 234 valence electrons. The van der Waals surface area contributed by atoms with Gasteiger partial charge in [0.05, 0.1) is 29.7 Å². The minimum Gasteiger partial charge on any atom is -0.490 e. The third-order valence-corrected chi connectivity index (χ3v) is 12.3. The van der Waals surface area contributed by atoms with Gasteiger partial charge in [0.25, 0.3) is 5.91 Å². The van der Waals surface area contributed by atoms with Crippen LogP contribution in [0.1, 0.15) is 73.4 Å². The number of ether oxygens (including phenoxy) is 2. The molecule has 0 saturated heterocycles. The first-order chi connectivity index (χ1) is 21.2. The second-order valence-corrected chi connectivity index (χ2v) is 15.1. The van der Waals surface area contributed by atoms with E-state index in [9.17, 15) is 18.5 Å². The maximum Gasteiger partial charge on any atom is 0.264 e. The van der Waals surface area contributed by atoms with Gasteiger partial charge in [0, 0.05) is 29.1 Å². The molecule has 4 aliphatic rings. The second-order valence-electron chi connectivity index (χ2n) is 12.7. The summed E-state index contributed by atoms with van der Waals surface area (Å²) in [5, 5.41) is 9.30. The van der Waals surface area contributed by atoms with Crippen molar-refractivity contribution < 1.29 is 22.7 Å². The molecule has 2 aliphatic heterocycles. The molecule has 0 aromatic heterocycles. The van der Waals surface area contributed by atoms with Gasteiger partial charge in [-0.1, -0.05) is 36.7 Å². The first-order valence-electron chi connectivity index (χ1n) is 15.7. The van der Waals surface area contributed by atoms with Crippen LogP contribution >= 0.6 is 11.6 Å². The Hall–Kier alpha value is -3.06. The van der Waals surface area contributed by atoms with Crippen molar-refractivity contribution in [1.82, 2.24) is 4.72 Å². The van der Waals surface area contributed by atoms with E-state index in [0.29, 0.717) is 44.1 Å². The van der Waals surface area contributed by atoms with Crippen LogP contribution < -0.4 is 14.4 Å². The average molecular weight is 638 g/mol. The number of carbonyl (C=O) groups is 1. The molecule has 0 radical (unpaired) electrons. The Kier molecular flexibility index (Phi) is 8.96. The van der Waals surface area contributed by atoms with E-state index >= 15 is 0 Å². The molecule has 1 N–H and O–H groups in total. The molecule has 0 unspecified atom stereocenters. The van der Waals surface area contributed by atoms with Crippen molar-refractivity contribution in [1.29, 1.82) is 5.26 Å². The van der Waals surface area contributed by atoms with E-state index in [4.69, 9.17) is 21.1 Å². The molecule has 2 bridgehead atoms. The number of hydrogen-bond acceptors (Lipinski definition) is 7. The fraction of sp³-hybridized carbons (Fsp3) is 0.529. The smallest absolute Gasteiger partial charge is 0.264 e. The number of hydrogen-bond donors (Lipinski definition) is 1. The predicted molar refractivity (Wildman–Crippen MR) is 171 cm³/mol. The summed E-state index contributed by atoms with van der Waals surface area (Å²) in [4.78, 5) is 15.7. The highest BCUT2D eigenvalue weighted by atomic mass is 35.5. The summed E-state index contributed by atoms with van der Waals surface area (Å²) in [7, 11) is -3.90. The van der Waals surface area contributed by atoms with Crippen LogP contribution in [-0.4, -0.2) is 52.0 Å². The molecule has 10 heteroatoms. The van der Waals surface area contributed by atoms with Gasteiger partial charge in [-0.15, -0.1) is 0 Å². The van der Waals surface area contributed by atoms with Crippen LogP contribution in [0.5, 0.6) is 5.75 Å². The fourth-order valence-electron chi connectivity index (χ4n) is 7.61. The quantitative estimate of drug-likeness (QED) is 0.415. The first kappa shape index (κ1) is 30.9. The van der Waals surface area contributed by atoms with E-state index in [1.165, 1.54) is 11.1 Å². The highest BCUT2D eigenvalue weighted by molar-refractivity contribution is 7.90. The van der Waals surface area contributed by atoms with Gasteiger partial charge in [0.1, 0.15) is 12.4 Å². The van der Waals surface area contributed by atoms with Gasteiger partial charge < -0.3 is 14.4 Å². The number of anilines is 1. The number of aryl methyl sites for hydroxylation is 1. The minimum atomic E-state index is -3.90. The fourth-order valence-corrected chi connectivity index (χ4v) is 9.23. The van der Waals surface area contributed by atoms with Crippen LogP contribution in [0.4, 0.5) is 5.69 Å². The molecule has 6 rings (SSSR count). The normalized spacial score (nSPS) is 30.4. The van der Waals surface area contributed by atoms with Gasteiger partial charge in [-0.05, 0) is 105 Å². The third kappa shape index (κ3) is 6.09. The van der Waals surface area contributed by atoms with Gasteiger partial charge in [-0.3, -0.25) is 4.79 Å². The maximum atomic E-state index is 13.4. The number of nitrogens with zero attached hydrogens (tertiary/aromatic N) is 2. The molecular weight excluding hydrogens is 598 g/mol. The van der Waals surface area contributed by atoms with Crippen LogP contribution in [0.2, 0.25) is 5.02 Å². The molecule has 1 amide bonds. The molecular formula is C34H40ClN3O5S. The van der Waals surface area contributed by atoms with Crippen molar-refractivity contribution >= 4 is 33.2 Å². The molecule has 1 spiro atoms. The lowest BCUT2D eigenvalue weighted by Gasteiger charge is -2.46. The zero-order chi connectivity index (χ0) is 30.9. The van der Waals surface area contributed by atoms with Gasteiger partial charge in [0.15, 0.2) is 0 Å². The number of fused-ring (bicyclic) bond motifs is 4. The van der Waals surface area contributed by atoms with Crippen LogP contribution in [0, 0.1) is 23.2 Å². The molecule has 2 heterocycles. The Morgan fingerprint density at radius 2 is 2.07 bits per heavy atom. The lowest BCUT2D eigenvalue weighted by atomic mass is 9.68. The summed E-state index contributed by atoms with van der Waals surface area (Å²) in [6.45, 7) is 3.74. The molecule has 2 aliphatic carbocycles. The van der Waals surface area contributed by atoms with Crippen LogP contribution in [-0.2, 0) is 26.6 Å². The molecule has 1 saturated carbocycles. The van der Waals surface area contributed by atoms with E-state index in [0.717, 1.165) is 49.4 Å². The Balaban J connectivity index is 1.42. The van der Waals surface area contributed by atoms with Crippen molar-refractivity contribution in [3.63, 3.8) is 0 Å². The van der Waals surface area contributed by atoms with Crippen molar-refractivity contribution in [2.45, 2.75) is 75.1 Å². The lowest BCUT2D eigenvalue weighted by Crippen LogP contribution is -2.49. The van der Waals surface area contributed by atoms with Gasteiger partial charge in [-0.25, -0.2) is 13.1 Å². The SMILES string of the molecule is CC[C@@H]1CC/C=C\[C@H](OCC#N)[C@@H]2CC[C@H]2CN2C[C@@]3(CCCc4cc(Cl)ccc43)COc3ccc(cc32)C(=O)NS1(=O)=O. The topological polar surface area (TPSA) is 109 Å². The molecule has 5 atom stereocenters. The monoisotopic (exact) mass is 637 g/mol. The number of amides is 1. The number of nitrogens with one attached hydrogen (secondary N) is 1. The van der Waals surface area contributed by atoms with Gasteiger partial charge in [-0.2, -0.15) is 5.26 Å². The van der Waals surface area contributed by atoms with Crippen molar-refractivity contribution in [2.75, 3.05) is 31.2 Å². The Morgan fingerprint density at radius 3 is 2.84 bits per heavy atom. The predicted octanol–water partition coefficient (Wildman–Crippen LogP) is 5.94. The van der Waals surface area contributed by atoms with Crippen LogP contribution in [0.25, 0.3) is 0 Å². The zero-order valence-corrected chi connectivity index (χ0v) is 26.7. The number of carbonyl (C=O) groups excluding carboxylic acids is 1. The summed E-state index contributed by atoms with van der Waals surface area (Å²) in [6.07, 6.45) is 10.0. The molecule has 1 fully saturated rings. The van der Waals surface area contributed by atoms with E-state index in [-0.39, 0.29) is 29.6 Å². The van der Waals surface area contributed by atoms with E-state index in [2.05, 4.69) is 27.8 Å². The molecule has 2 aromatic rings. The number of rotatable bonds is 3. The van der Waals surface area contributed by atoms with E-state index in [1.807, 2.05) is 25.1 Å². The van der Waals surface area contributed by atoms with Crippen molar-refractivity contribution in [2.24, 2.45) is 11.8 Å². The van der Waals surface area contributed by atoms with Crippen LogP contribution in [0.15, 0.2) is 48.6 Å². The molecule has 44 heavy (non-hydrogen) atoms. The van der Waals surface area contributed by atoms with E-state index < -0.39 is 21.2 Å². The second kappa shape index (κ2) is 12.7. The summed E-state index contributed by atoms with van der Waals surface area (Å²) >= 11 is 6.41. The highest BCUT2D eigenvalue weighted by Gasteiger charge is 2.44. The Bertz CT molecular complexity index is 1590.